The molecule has 0 aliphatic carbocycles. The molecule has 0 saturated carbocycles. The highest BCUT2D eigenvalue weighted by molar-refractivity contribution is 9.10. The molecule has 1 aromatic heterocycles. The smallest absolute Gasteiger partial charge is 0.137 e. The van der Waals surface area contributed by atoms with Gasteiger partial charge in [0.1, 0.15) is 17.9 Å². The van der Waals surface area contributed by atoms with Gasteiger partial charge in [-0.15, -0.1) is 0 Å². The van der Waals surface area contributed by atoms with E-state index in [4.69, 9.17) is 4.74 Å². The average molecular weight is 344 g/mol. The molecule has 1 N–H and O–H groups in total. The van der Waals surface area contributed by atoms with Crippen LogP contribution in [0.5, 0.6) is 5.75 Å². The molecule has 3 aromatic rings. The van der Waals surface area contributed by atoms with Crippen molar-refractivity contribution in [2.45, 2.75) is 6.54 Å². The van der Waals surface area contributed by atoms with Gasteiger partial charge in [-0.2, -0.15) is 0 Å². The first-order valence-electron chi connectivity index (χ1n) is 6.53. The van der Waals surface area contributed by atoms with Crippen molar-refractivity contribution in [2.75, 3.05) is 12.4 Å². The van der Waals surface area contributed by atoms with E-state index in [9.17, 15) is 0 Å². The molecule has 0 aliphatic rings. The monoisotopic (exact) mass is 343 g/mol. The Morgan fingerprint density at radius 3 is 2.90 bits per heavy atom. The number of ether oxygens (including phenoxy) is 1. The Morgan fingerprint density at radius 1 is 1.14 bits per heavy atom. The number of nitrogens with zero attached hydrogens (tertiary/aromatic N) is 2. The SMILES string of the molecule is COc1cccc(CNc2ncnc3ccc(Br)cc23)c1. The molecule has 1 heterocycles. The number of hydrogen-bond acceptors (Lipinski definition) is 4. The van der Waals surface area contributed by atoms with Crippen LogP contribution in [0.4, 0.5) is 5.82 Å². The number of anilines is 1. The van der Waals surface area contributed by atoms with Crippen LogP contribution in [-0.2, 0) is 6.54 Å². The number of benzene rings is 2. The van der Waals surface area contributed by atoms with Gasteiger partial charge in [-0.25, -0.2) is 9.97 Å². The van der Waals surface area contributed by atoms with Crippen LogP contribution >= 0.6 is 15.9 Å². The van der Waals surface area contributed by atoms with Crippen LogP contribution in [0.3, 0.4) is 0 Å². The number of rotatable bonds is 4. The first-order chi connectivity index (χ1) is 10.3. The van der Waals surface area contributed by atoms with Gasteiger partial charge in [0.25, 0.3) is 0 Å². The van der Waals surface area contributed by atoms with Crippen LogP contribution in [0.15, 0.2) is 53.3 Å². The Morgan fingerprint density at radius 2 is 2.05 bits per heavy atom. The summed E-state index contributed by atoms with van der Waals surface area (Å²) < 4.78 is 6.24. The lowest BCUT2D eigenvalue weighted by atomic mass is 10.2. The van der Waals surface area contributed by atoms with Gasteiger partial charge in [0.15, 0.2) is 0 Å². The highest BCUT2D eigenvalue weighted by Gasteiger charge is 2.04. The maximum Gasteiger partial charge on any atom is 0.137 e. The number of fused-ring (bicyclic) bond motifs is 1. The normalized spacial score (nSPS) is 10.6. The lowest BCUT2D eigenvalue weighted by Crippen LogP contribution is -2.02. The molecule has 5 heteroatoms. The molecular formula is C16H14BrN3O. The maximum atomic E-state index is 5.23. The van der Waals surface area contributed by atoms with E-state index in [0.717, 1.165) is 32.5 Å². The predicted molar refractivity (Wildman–Crippen MR) is 87.6 cm³/mol. The third-order valence-corrected chi connectivity index (χ3v) is 3.68. The summed E-state index contributed by atoms with van der Waals surface area (Å²) in [7, 11) is 1.67. The first-order valence-corrected chi connectivity index (χ1v) is 7.32. The minimum absolute atomic E-state index is 0.676. The van der Waals surface area contributed by atoms with Crippen molar-refractivity contribution in [3.8, 4) is 5.75 Å². The van der Waals surface area contributed by atoms with Gasteiger partial charge in [-0.1, -0.05) is 28.1 Å². The molecule has 0 aliphatic heterocycles. The van der Waals surface area contributed by atoms with Crippen molar-refractivity contribution in [3.05, 3.63) is 58.8 Å². The van der Waals surface area contributed by atoms with Crippen LogP contribution in [-0.4, -0.2) is 17.1 Å². The Kier molecular flexibility index (Phi) is 4.01. The molecule has 3 rings (SSSR count). The van der Waals surface area contributed by atoms with Crippen molar-refractivity contribution in [1.82, 2.24) is 9.97 Å². The molecule has 2 aromatic carbocycles. The number of methoxy groups -OCH3 is 1. The molecule has 0 bridgehead atoms. The summed E-state index contributed by atoms with van der Waals surface area (Å²) in [5, 5.41) is 4.35. The van der Waals surface area contributed by atoms with Gasteiger partial charge in [-0.05, 0) is 35.9 Å². The van der Waals surface area contributed by atoms with E-state index in [1.165, 1.54) is 0 Å². The fourth-order valence-electron chi connectivity index (χ4n) is 2.14. The van der Waals surface area contributed by atoms with Crippen LogP contribution in [0, 0.1) is 0 Å². The zero-order valence-corrected chi connectivity index (χ0v) is 13.1. The number of aromatic nitrogens is 2. The summed E-state index contributed by atoms with van der Waals surface area (Å²) in [6, 6.07) is 13.9. The largest absolute Gasteiger partial charge is 0.497 e. The molecule has 0 radical (unpaired) electrons. The fraction of sp³-hybridized carbons (Fsp3) is 0.125. The van der Waals surface area contributed by atoms with Crippen molar-refractivity contribution in [1.29, 1.82) is 0 Å². The summed E-state index contributed by atoms with van der Waals surface area (Å²) in [5.41, 5.74) is 2.05. The van der Waals surface area contributed by atoms with Crippen molar-refractivity contribution in [3.63, 3.8) is 0 Å². The Bertz CT molecular complexity index is 776. The summed E-state index contributed by atoms with van der Waals surface area (Å²) >= 11 is 3.48. The first kappa shape index (κ1) is 13.8. The van der Waals surface area contributed by atoms with Crippen LogP contribution in [0.1, 0.15) is 5.56 Å². The van der Waals surface area contributed by atoms with Gasteiger partial charge in [0.2, 0.25) is 0 Å². The van der Waals surface area contributed by atoms with Gasteiger partial charge < -0.3 is 10.1 Å². The van der Waals surface area contributed by atoms with Crippen LogP contribution < -0.4 is 10.1 Å². The zero-order valence-electron chi connectivity index (χ0n) is 11.5. The van der Waals surface area contributed by atoms with E-state index in [1.807, 2.05) is 36.4 Å². The summed E-state index contributed by atoms with van der Waals surface area (Å²) in [5.74, 6) is 1.67. The predicted octanol–water partition coefficient (Wildman–Crippen LogP) is 4.01. The quantitative estimate of drug-likeness (QED) is 0.777. The van der Waals surface area contributed by atoms with Crippen molar-refractivity contribution in [2.24, 2.45) is 0 Å². The highest BCUT2D eigenvalue weighted by Crippen LogP contribution is 2.24. The number of halogens is 1. The summed E-state index contributed by atoms with van der Waals surface area (Å²) in [6.45, 7) is 0.676. The second-order valence-corrected chi connectivity index (χ2v) is 5.50. The number of nitrogens with one attached hydrogen (secondary N) is 1. The minimum Gasteiger partial charge on any atom is -0.497 e. The average Bonchev–Trinajstić information content (AvgIpc) is 2.53. The third-order valence-electron chi connectivity index (χ3n) is 3.19. The summed E-state index contributed by atoms with van der Waals surface area (Å²) in [4.78, 5) is 8.60. The van der Waals surface area contributed by atoms with Crippen molar-refractivity contribution < 1.29 is 4.74 Å². The maximum absolute atomic E-state index is 5.23. The standard InChI is InChI=1S/C16H14BrN3O/c1-21-13-4-2-3-11(7-13)9-18-16-14-8-12(17)5-6-15(14)19-10-20-16/h2-8,10H,9H2,1H3,(H,18,19,20). The molecule has 0 fully saturated rings. The van der Waals surface area contributed by atoms with E-state index in [-0.39, 0.29) is 0 Å². The number of hydrogen-bond donors (Lipinski definition) is 1. The second-order valence-electron chi connectivity index (χ2n) is 4.59. The molecule has 0 atom stereocenters. The van der Waals surface area contributed by atoms with E-state index in [2.05, 4.69) is 37.3 Å². The molecule has 21 heavy (non-hydrogen) atoms. The fourth-order valence-corrected chi connectivity index (χ4v) is 2.50. The van der Waals surface area contributed by atoms with Gasteiger partial charge >= 0.3 is 0 Å². The Balaban J connectivity index is 1.86. The van der Waals surface area contributed by atoms with E-state index < -0.39 is 0 Å². The zero-order chi connectivity index (χ0) is 14.7. The lowest BCUT2D eigenvalue weighted by Gasteiger charge is -2.09. The van der Waals surface area contributed by atoms with Crippen LogP contribution in [0.2, 0.25) is 0 Å². The topological polar surface area (TPSA) is 47.0 Å². The van der Waals surface area contributed by atoms with E-state index >= 15 is 0 Å². The molecule has 0 unspecified atom stereocenters. The second kappa shape index (κ2) is 6.10. The molecule has 4 nitrogen and oxygen atoms in total. The van der Waals surface area contributed by atoms with Crippen LogP contribution in [0.25, 0.3) is 10.9 Å². The van der Waals surface area contributed by atoms with Crippen molar-refractivity contribution >= 4 is 32.7 Å². The highest BCUT2D eigenvalue weighted by atomic mass is 79.9. The molecule has 106 valence electrons. The Hall–Kier alpha value is -2.14. The Labute approximate surface area is 131 Å². The molecular weight excluding hydrogens is 330 g/mol. The molecule has 0 saturated heterocycles. The van der Waals surface area contributed by atoms with E-state index in [0.29, 0.717) is 6.54 Å². The van der Waals surface area contributed by atoms with E-state index in [1.54, 1.807) is 13.4 Å². The minimum atomic E-state index is 0.676. The van der Waals surface area contributed by atoms with Gasteiger partial charge in [0.05, 0.1) is 12.6 Å². The van der Waals surface area contributed by atoms with Gasteiger partial charge in [0, 0.05) is 16.4 Å². The molecule has 0 amide bonds. The molecule has 0 spiro atoms. The lowest BCUT2D eigenvalue weighted by molar-refractivity contribution is 0.414. The van der Waals surface area contributed by atoms with Gasteiger partial charge in [-0.3, -0.25) is 0 Å². The third kappa shape index (κ3) is 3.13. The summed E-state index contributed by atoms with van der Waals surface area (Å²) in [6.07, 6.45) is 1.57.